The molecule has 0 aliphatic carbocycles. The molecule has 3 aromatic rings. The van der Waals surface area contributed by atoms with Crippen LogP contribution in [0.15, 0.2) is 59.5 Å². The molecule has 0 amide bonds. The molecule has 0 atom stereocenters. The summed E-state index contributed by atoms with van der Waals surface area (Å²) in [4.78, 5) is 2.16. The zero-order valence-corrected chi connectivity index (χ0v) is 21.0. The van der Waals surface area contributed by atoms with Crippen molar-refractivity contribution in [1.29, 1.82) is 0 Å². The van der Waals surface area contributed by atoms with Gasteiger partial charge in [0.15, 0.2) is 5.82 Å². The number of nitrogens with zero attached hydrogens (tertiary/aromatic N) is 4. The number of ether oxygens (including phenoxy) is 3. The highest BCUT2D eigenvalue weighted by Gasteiger charge is 2.32. The van der Waals surface area contributed by atoms with Crippen molar-refractivity contribution in [1.82, 2.24) is 14.5 Å². The van der Waals surface area contributed by atoms with Crippen LogP contribution < -0.4 is 19.1 Å². The lowest BCUT2D eigenvalue weighted by Gasteiger charge is -2.34. The minimum atomic E-state index is -3.76. The monoisotopic (exact) mass is 498 g/mol. The Balaban J connectivity index is 1.48. The van der Waals surface area contributed by atoms with E-state index in [0.29, 0.717) is 62.4 Å². The molecule has 0 N–H and O–H groups in total. The van der Waals surface area contributed by atoms with Crippen LogP contribution in [0.3, 0.4) is 0 Å². The first kappa shape index (κ1) is 24.7. The van der Waals surface area contributed by atoms with Crippen LogP contribution >= 0.6 is 0 Å². The van der Waals surface area contributed by atoms with Gasteiger partial charge in [0.05, 0.1) is 26.0 Å². The maximum Gasteiger partial charge on any atom is 0.247 e. The smallest absolute Gasteiger partial charge is 0.247 e. The van der Waals surface area contributed by atoms with Crippen LogP contribution in [0.25, 0.3) is 11.3 Å². The predicted molar refractivity (Wildman–Crippen MR) is 134 cm³/mol. The SMILES string of the molecule is CCOc1ccc(OCC)c(S(=O)(=O)N2CCN(c3ccc(-c4ccccc4OC)nn3)CC2)c1. The molecule has 186 valence electrons. The van der Waals surface area contributed by atoms with Gasteiger partial charge in [-0.05, 0) is 50.2 Å². The summed E-state index contributed by atoms with van der Waals surface area (Å²) in [7, 11) is -2.14. The van der Waals surface area contributed by atoms with Crippen molar-refractivity contribution in [2.45, 2.75) is 18.7 Å². The summed E-state index contributed by atoms with van der Waals surface area (Å²) in [5.74, 6) is 2.26. The van der Waals surface area contributed by atoms with E-state index in [9.17, 15) is 8.42 Å². The minimum Gasteiger partial charge on any atom is -0.496 e. The van der Waals surface area contributed by atoms with Crippen LogP contribution in [-0.2, 0) is 10.0 Å². The maximum atomic E-state index is 13.5. The predicted octanol–water partition coefficient (Wildman–Crippen LogP) is 3.46. The van der Waals surface area contributed by atoms with E-state index in [-0.39, 0.29) is 4.90 Å². The molecule has 0 bridgehead atoms. The van der Waals surface area contributed by atoms with E-state index in [0.717, 1.165) is 11.3 Å². The third kappa shape index (κ3) is 5.33. The summed E-state index contributed by atoms with van der Waals surface area (Å²) in [5, 5.41) is 8.76. The lowest BCUT2D eigenvalue weighted by Crippen LogP contribution is -2.49. The number of aromatic nitrogens is 2. The minimum absolute atomic E-state index is 0.125. The van der Waals surface area contributed by atoms with Crippen molar-refractivity contribution in [2.75, 3.05) is 51.4 Å². The van der Waals surface area contributed by atoms with Crippen molar-refractivity contribution in [2.24, 2.45) is 0 Å². The Morgan fingerprint density at radius 3 is 2.26 bits per heavy atom. The molecule has 4 rings (SSSR count). The number of sulfonamides is 1. The Hall–Kier alpha value is -3.37. The zero-order chi connectivity index (χ0) is 24.8. The molecule has 0 unspecified atom stereocenters. The van der Waals surface area contributed by atoms with Gasteiger partial charge in [0.1, 0.15) is 22.1 Å². The second kappa shape index (κ2) is 10.9. The van der Waals surface area contributed by atoms with Gasteiger partial charge in [-0.15, -0.1) is 10.2 Å². The van der Waals surface area contributed by atoms with Crippen LogP contribution in [0, 0.1) is 0 Å². The van der Waals surface area contributed by atoms with Gasteiger partial charge in [-0.25, -0.2) is 8.42 Å². The topological polar surface area (TPSA) is 94.1 Å². The van der Waals surface area contributed by atoms with E-state index in [1.807, 2.05) is 55.1 Å². The number of rotatable bonds is 9. The first-order valence-electron chi connectivity index (χ1n) is 11.6. The normalized spacial score (nSPS) is 14.5. The van der Waals surface area contributed by atoms with E-state index in [1.54, 1.807) is 19.2 Å². The van der Waals surface area contributed by atoms with Crippen molar-refractivity contribution in [3.8, 4) is 28.5 Å². The second-order valence-electron chi connectivity index (χ2n) is 7.84. The highest BCUT2D eigenvalue weighted by atomic mass is 32.2. The van der Waals surface area contributed by atoms with E-state index in [2.05, 4.69) is 10.2 Å². The highest BCUT2D eigenvalue weighted by Crippen LogP contribution is 2.32. The maximum absolute atomic E-state index is 13.5. The van der Waals surface area contributed by atoms with Gasteiger partial charge in [-0.3, -0.25) is 0 Å². The Kier molecular flexibility index (Phi) is 7.72. The first-order valence-corrected chi connectivity index (χ1v) is 13.0. The summed E-state index contributed by atoms with van der Waals surface area (Å²) in [6.45, 7) is 6.14. The van der Waals surface area contributed by atoms with Gasteiger partial charge in [-0.2, -0.15) is 4.31 Å². The third-order valence-corrected chi connectivity index (χ3v) is 7.66. The Morgan fingerprint density at radius 2 is 1.60 bits per heavy atom. The third-order valence-electron chi connectivity index (χ3n) is 5.74. The van der Waals surface area contributed by atoms with Crippen LogP contribution in [0.2, 0.25) is 0 Å². The van der Waals surface area contributed by atoms with Gasteiger partial charge >= 0.3 is 0 Å². The molecule has 1 aromatic heterocycles. The van der Waals surface area contributed by atoms with Gasteiger partial charge in [-0.1, -0.05) is 12.1 Å². The number of para-hydroxylation sites is 1. The molecular weight excluding hydrogens is 468 g/mol. The molecule has 1 saturated heterocycles. The molecule has 2 heterocycles. The van der Waals surface area contributed by atoms with Gasteiger partial charge in [0.25, 0.3) is 0 Å². The summed E-state index contributed by atoms with van der Waals surface area (Å²) in [5.41, 5.74) is 1.58. The summed E-state index contributed by atoms with van der Waals surface area (Å²) in [6.07, 6.45) is 0. The fourth-order valence-corrected chi connectivity index (χ4v) is 5.58. The number of hydrogen-bond acceptors (Lipinski definition) is 8. The number of hydrogen-bond donors (Lipinski definition) is 0. The fourth-order valence-electron chi connectivity index (χ4n) is 4.01. The largest absolute Gasteiger partial charge is 0.496 e. The van der Waals surface area contributed by atoms with Crippen LogP contribution in [0.5, 0.6) is 17.2 Å². The molecule has 0 saturated carbocycles. The lowest BCUT2D eigenvalue weighted by atomic mass is 10.1. The van der Waals surface area contributed by atoms with Gasteiger partial charge < -0.3 is 19.1 Å². The summed E-state index contributed by atoms with van der Waals surface area (Å²) in [6, 6.07) is 16.4. The van der Waals surface area contributed by atoms with Gasteiger partial charge in [0, 0.05) is 37.8 Å². The quantitative estimate of drug-likeness (QED) is 0.443. The summed E-state index contributed by atoms with van der Waals surface area (Å²) < 4.78 is 45.0. The lowest BCUT2D eigenvalue weighted by molar-refractivity contribution is 0.319. The molecule has 0 radical (unpaired) electrons. The standard InChI is InChI=1S/C25H30N4O5S/c1-4-33-19-10-12-23(34-5-2)24(18-19)35(30,31)29-16-14-28(15-17-29)25-13-11-21(26-27-25)20-8-6-7-9-22(20)32-3/h6-13,18H,4-5,14-17H2,1-3H3. The van der Waals surface area contributed by atoms with Crippen molar-refractivity contribution in [3.63, 3.8) is 0 Å². The van der Waals surface area contributed by atoms with Crippen molar-refractivity contribution < 1.29 is 22.6 Å². The highest BCUT2D eigenvalue weighted by molar-refractivity contribution is 7.89. The molecule has 9 nitrogen and oxygen atoms in total. The van der Waals surface area contributed by atoms with E-state index in [4.69, 9.17) is 14.2 Å². The molecule has 2 aromatic carbocycles. The van der Waals surface area contributed by atoms with Crippen LogP contribution in [0.1, 0.15) is 13.8 Å². The van der Waals surface area contributed by atoms with Crippen molar-refractivity contribution >= 4 is 15.8 Å². The van der Waals surface area contributed by atoms with Crippen LogP contribution in [-0.4, -0.2) is 69.4 Å². The summed E-state index contributed by atoms with van der Waals surface area (Å²) >= 11 is 0. The number of methoxy groups -OCH3 is 1. The molecule has 0 spiro atoms. The first-order chi connectivity index (χ1) is 17.0. The van der Waals surface area contributed by atoms with Crippen LogP contribution in [0.4, 0.5) is 5.82 Å². The van der Waals surface area contributed by atoms with E-state index in [1.165, 1.54) is 10.4 Å². The molecule has 35 heavy (non-hydrogen) atoms. The Morgan fingerprint density at radius 1 is 0.857 bits per heavy atom. The van der Waals surface area contributed by atoms with Gasteiger partial charge in [0.2, 0.25) is 10.0 Å². The Bertz CT molecular complexity index is 1240. The zero-order valence-electron chi connectivity index (χ0n) is 20.2. The fraction of sp³-hybridized carbons (Fsp3) is 0.360. The molecule has 1 aliphatic heterocycles. The van der Waals surface area contributed by atoms with Crippen molar-refractivity contribution in [3.05, 3.63) is 54.6 Å². The number of benzene rings is 2. The molecule has 1 aliphatic rings. The molecule has 10 heteroatoms. The second-order valence-corrected chi connectivity index (χ2v) is 9.75. The molecule has 1 fully saturated rings. The Labute approximate surface area is 206 Å². The number of anilines is 1. The average molecular weight is 499 g/mol. The van der Waals surface area contributed by atoms with E-state index >= 15 is 0 Å². The molecular formula is C25H30N4O5S. The van der Waals surface area contributed by atoms with E-state index < -0.39 is 10.0 Å². The average Bonchev–Trinajstić information content (AvgIpc) is 2.90. The number of piperazine rings is 1.